The van der Waals surface area contributed by atoms with E-state index >= 15 is 0 Å². The predicted octanol–water partition coefficient (Wildman–Crippen LogP) is -4.37. The zero-order chi connectivity index (χ0) is 38.0. The van der Waals surface area contributed by atoms with Gasteiger partial charge in [0.05, 0.1) is 11.9 Å². The van der Waals surface area contributed by atoms with Gasteiger partial charge in [-0.3, -0.25) is 33.8 Å². The summed E-state index contributed by atoms with van der Waals surface area (Å²) < 4.78 is 0. The van der Waals surface area contributed by atoms with Gasteiger partial charge in [-0.15, -0.1) is 0 Å². The Labute approximate surface area is 292 Å². The standard InChI is InChI=1S/C29H45N9O11S/c1-14(34-24(44)17(3-2-10-33-29(31)32)36-27(47)21(50)12-30)23(43)35-18(8-9-22(41)42)25(45)37-19(11-15-4-6-16(40)7-5-15)26(46)38-20(13-39)28(48)49/h4-7,14,17-21,39-40,50H,2-3,8-13,30H2,1H3,(H,34,44)(H,35,43)(H,36,47)(H,37,45)(H,38,46)(H,41,42)(H,48,49)(H4,31,32,33)/t14-,17-,18-,19-,20-,21?/m0/s1. The van der Waals surface area contributed by atoms with Crippen LogP contribution in [0.4, 0.5) is 0 Å². The van der Waals surface area contributed by atoms with Gasteiger partial charge in [0.25, 0.3) is 0 Å². The minimum Gasteiger partial charge on any atom is -0.508 e. The second-order valence-corrected chi connectivity index (χ2v) is 11.6. The molecule has 0 saturated carbocycles. The summed E-state index contributed by atoms with van der Waals surface area (Å²) in [7, 11) is 0. The number of aliphatic hydroxyl groups excluding tert-OH is 1. The largest absolute Gasteiger partial charge is 0.508 e. The molecule has 50 heavy (non-hydrogen) atoms. The molecule has 0 aliphatic carbocycles. The van der Waals surface area contributed by atoms with Gasteiger partial charge in [0.1, 0.15) is 36.0 Å². The van der Waals surface area contributed by atoms with E-state index < -0.39 is 96.4 Å². The van der Waals surface area contributed by atoms with E-state index in [4.69, 9.17) is 17.2 Å². The summed E-state index contributed by atoms with van der Waals surface area (Å²) >= 11 is 4.06. The van der Waals surface area contributed by atoms with Crippen LogP contribution in [0.5, 0.6) is 5.75 Å². The normalized spacial score (nSPS) is 14.3. The molecule has 0 fully saturated rings. The molecule has 0 saturated heterocycles. The van der Waals surface area contributed by atoms with Crippen molar-refractivity contribution in [3.63, 3.8) is 0 Å². The Morgan fingerprint density at radius 1 is 0.780 bits per heavy atom. The van der Waals surface area contributed by atoms with Crippen molar-refractivity contribution >= 4 is 60.1 Å². The highest BCUT2D eigenvalue weighted by molar-refractivity contribution is 7.81. The van der Waals surface area contributed by atoms with Gasteiger partial charge in [-0.05, 0) is 43.9 Å². The number of aromatic hydroxyl groups is 1. The summed E-state index contributed by atoms with van der Waals surface area (Å²) in [5.41, 5.74) is 16.5. The van der Waals surface area contributed by atoms with E-state index in [0.717, 1.165) is 0 Å². The number of aliphatic imine (C=N–C) groups is 1. The highest BCUT2D eigenvalue weighted by Crippen LogP contribution is 2.12. The summed E-state index contributed by atoms with van der Waals surface area (Å²) in [4.78, 5) is 91.7. The third-order valence-corrected chi connectivity index (χ3v) is 7.39. The van der Waals surface area contributed by atoms with Crippen molar-refractivity contribution in [1.82, 2.24) is 26.6 Å². The molecule has 0 aromatic heterocycles. The van der Waals surface area contributed by atoms with Crippen LogP contribution < -0.4 is 43.8 Å². The van der Waals surface area contributed by atoms with E-state index in [1.54, 1.807) is 0 Å². The van der Waals surface area contributed by atoms with Crippen LogP contribution in [0.2, 0.25) is 0 Å². The number of nitrogens with two attached hydrogens (primary N) is 3. The van der Waals surface area contributed by atoms with Crippen molar-refractivity contribution in [2.75, 3.05) is 19.7 Å². The molecular weight excluding hydrogens is 682 g/mol. The first-order valence-electron chi connectivity index (χ1n) is 15.3. The average Bonchev–Trinajstić information content (AvgIpc) is 3.06. The fourth-order valence-electron chi connectivity index (χ4n) is 4.17. The second kappa shape index (κ2) is 21.7. The number of nitrogens with one attached hydrogen (secondary N) is 5. The fourth-order valence-corrected chi connectivity index (χ4v) is 4.24. The molecule has 1 aromatic rings. The minimum absolute atomic E-state index is 0.0426. The topological polar surface area (TPSA) is 351 Å². The van der Waals surface area contributed by atoms with Crippen LogP contribution in [0.1, 0.15) is 38.2 Å². The lowest BCUT2D eigenvalue weighted by atomic mass is 10.0. The lowest BCUT2D eigenvalue weighted by Crippen LogP contribution is -2.59. The third-order valence-electron chi connectivity index (χ3n) is 6.94. The highest BCUT2D eigenvalue weighted by Gasteiger charge is 2.32. The summed E-state index contributed by atoms with van der Waals surface area (Å²) in [5, 5.41) is 48.2. The molecule has 21 heteroatoms. The van der Waals surface area contributed by atoms with Crippen molar-refractivity contribution in [3.05, 3.63) is 29.8 Å². The van der Waals surface area contributed by atoms with Gasteiger partial charge in [0.2, 0.25) is 29.5 Å². The number of thiol groups is 1. The lowest BCUT2D eigenvalue weighted by Gasteiger charge is -2.26. The SMILES string of the molecule is C[C@H](NC(=O)[C@H](CCCN=C(N)N)NC(=O)C(S)CN)C(=O)N[C@@H](CCC(=O)O)C(=O)N[C@@H](Cc1ccc(O)cc1)C(=O)N[C@@H](CO)C(=O)O. The third kappa shape index (κ3) is 15.8. The zero-order valence-electron chi connectivity index (χ0n) is 27.2. The number of carboxylic acids is 2. The first-order valence-corrected chi connectivity index (χ1v) is 15.8. The molecule has 1 aromatic carbocycles. The Morgan fingerprint density at radius 3 is 1.84 bits per heavy atom. The molecule has 15 N–H and O–H groups in total. The van der Waals surface area contributed by atoms with Crippen LogP contribution >= 0.6 is 12.6 Å². The fraction of sp³-hybridized carbons (Fsp3) is 0.517. The molecule has 278 valence electrons. The number of aliphatic carboxylic acids is 2. The van der Waals surface area contributed by atoms with Gasteiger partial charge in [0.15, 0.2) is 5.96 Å². The van der Waals surface area contributed by atoms with E-state index in [1.807, 2.05) is 0 Å². The van der Waals surface area contributed by atoms with Crippen LogP contribution in [0.25, 0.3) is 0 Å². The molecule has 0 aliphatic rings. The van der Waals surface area contributed by atoms with E-state index in [2.05, 4.69) is 44.2 Å². The minimum atomic E-state index is -1.72. The smallest absolute Gasteiger partial charge is 0.328 e. The number of phenols is 1. The van der Waals surface area contributed by atoms with Crippen molar-refractivity contribution in [2.45, 2.75) is 74.5 Å². The van der Waals surface area contributed by atoms with E-state index in [1.165, 1.54) is 31.2 Å². The molecular formula is C29H45N9O11S. The van der Waals surface area contributed by atoms with Crippen molar-refractivity contribution in [3.8, 4) is 5.75 Å². The van der Waals surface area contributed by atoms with Crippen LogP contribution in [-0.4, -0.2) is 123 Å². The quantitative estimate of drug-likeness (QED) is 0.0232. The van der Waals surface area contributed by atoms with Crippen LogP contribution in [-0.2, 0) is 40.0 Å². The first kappa shape index (κ1) is 42.9. The number of carboxylic acid groups (broad SMARTS) is 2. The Kier molecular flexibility index (Phi) is 18.6. The predicted molar refractivity (Wildman–Crippen MR) is 180 cm³/mol. The van der Waals surface area contributed by atoms with Gasteiger partial charge >= 0.3 is 11.9 Å². The lowest BCUT2D eigenvalue weighted by molar-refractivity contribution is -0.143. The van der Waals surface area contributed by atoms with E-state index in [0.29, 0.717) is 5.56 Å². The summed E-state index contributed by atoms with van der Waals surface area (Å²) in [5.74, 6) is -7.58. The molecule has 20 nitrogen and oxygen atoms in total. The zero-order valence-corrected chi connectivity index (χ0v) is 28.1. The number of hydrogen-bond acceptors (Lipinski definition) is 12. The summed E-state index contributed by atoms with van der Waals surface area (Å²) in [6, 6.07) is -1.81. The number of amides is 5. The highest BCUT2D eigenvalue weighted by atomic mass is 32.1. The number of phenolic OH excluding ortho intramolecular Hbond substituents is 1. The van der Waals surface area contributed by atoms with Gasteiger partial charge in [-0.2, -0.15) is 12.6 Å². The maximum Gasteiger partial charge on any atom is 0.328 e. The van der Waals surface area contributed by atoms with Crippen LogP contribution in [0.3, 0.4) is 0 Å². The number of hydrogen-bond donors (Lipinski definition) is 13. The maximum atomic E-state index is 13.4. The number of carbonyl (C=O) groups excluding carboxylic acids is 5. The Hall–Kier alpha value is -5.15. The Balaban J connectivity index is 3.18. The molecule has 0 radical (unpaired) electrons. The Morgan fingerprint density at radius 2 is 1.30 bits per heavy atom. The first-order chi connectivity index (χ1) is 23.5. The molecule has 1 unspecified atom stereocenters. The Bertz CT molecular complexity index is 1380. The number of rotatable bonds is 22. The van der Waals surface area contributed by atoms with E-state index in [-0.39, 0.29) is 44.1 Å². The van der Waals surface area contributed by atoms with Gasteiger partial charge < -0.3 is 64.2 Å². The van der Waals surface area contributed by atoms with Crippen LogP contribution in [0, 0.1) is 0 Å². The maximum absolute atomic E-state index is 13.4. The monoisotopic (exact) mass is 727 g/mol. The summed E-state index contributed by atoms with van der Waals surface area (Å²) in [6.45, 7) is 0.295. The van der Waals surface area contributed by atoms with Gasteiger partial charge in [0, 0.05) is 25.9 Å². The van der Waals surface area contributed by atoms with Crippen molar-refractivity contribution < 1.29 is 54.0 Å². The molecule has 0 bridgehead atoms. The number of carbonyl (C=O) groups is 7. The molecule has 0 spiro atoms. The molecule has 1 rings (SSSR count). The molecule has 0 heterocycles. The van der Waals surface area contributed by atoms with Crippen molar-refractivity contribution in [1.29, 1.82) is 0 Å². The summed E-state index contributed by atoms with van der Waals surface area (Å²) in [6.07, 6.45) is -1.01. The average molecular weight is 728 g/mol. The number of benzene rings is 1. The number of aliphatic hydroxyl groups is 1. The second-order valence-electron chi connectivity index (χ2n) is 11.0. The molecule has 5 amide bonds. The van der Waals surface area contributed by atoms with Gasteiger partial charge in [-0.25, -0.2) is 4.79 Å². The number of nitrogens with zero attached hydrogens (tertiary/aromatic N) is 1. The number of guanidine groups is 1. The van der Waals surface area contributed by atoms with Crippen molar-refractivity contribution in [2.24, 2.45) is 22.2 Å². The van der Waals surface area contributed by atoms with E-state index in [9.17, 15) is 54.0 Å². The van der Waals surface area contributed by atoms with Crippen LogP contribution in [0.15, 0.2) is 29.3 Å². The van der Waals surface area contributed by atoms with Gasteiger partial charge in [-0.1, -0.05) is 12.1 Å². The molecule has 6 atom stereocenters. The molecule has 0 aliphatic heterocycles.